The van der Waals surface area contributed by atoms with Crippen LogP contribution in [0.15, 0.2) is 12.1 Å². The topological polar surface area (TPSA) is 64.4 Å². The van der Waals surface area contributed by atoms with E-state index in [0.717, 1.165) is 6.07 Å². The number of likely N-dealkylation sites (N-methyl/N-ethyl adjacent to an activating group) is 1. The van der Waals surface area contributed by atoms with Crippen LogP contribution in [0.1, 0.15) is 5.56 Å². The van der Waals surface area contributed by atoms with E-state index in [-0.39, 0.29) is 11.4 Å². The maximum Gasteiger partial charge on any atom is 0.275 e. The quantitative estimate of drug-likeness (QED) is 0.472. The monoisotopic (exact) mass is 228 g/mol. The molecule has 0 saturated carbocycles. The van der Waals surface area contributed by atoms with Gasteiger partial charge in [-0.2, -0.15) is 0 Å². The van der Waals surface area contributed by atoms with Gasteiger partial charge in [0.15, 0.2) is 11.6 Å². The summed E-state index contributed by atoms with van der Waals surface area (Å²) in [6.45, 7) is 2.43. The number of ether oxygens (including phenoxy) is 1. The Labute approximate surface area is 92.4 Å². The molecule has 1 rings (SSSR count). The van der Waals surface area contributed by atoms with Gasteiger partial charge in [-0.05, 0) is 20.0 Å². The Kier molecular flexibility index (Phi) is 4.19. The first kappa shape index (κ1) is 12.4. The summed E-state index contributed by atoms with van der Waals surface area (Å²) in [7, 11) is 1.75. The van der Waals surface area contributed by atoms with Crippen molar-refractivity contribution in [2.24, 2.45) is 0 Å². The zero-order valence-corrected chi connectivity index (χ0v) is 9.12. The van der Waals surface area contributed by atoms with Crippen LogP contribution < -0.4 is 10.1 Å². The van der Waals surface area contributed by atoms with E-state index in [1.165, 1.54) is 6.07 Å². The van der Waals surface area contributed by atoms with Crippen LogP contribution in [-0.4, -0.2) is 25.1 Å². The Hall–Kier alpha value is -1.69. The predicted octanol–water partition coefficient (Wildman–Crippen LogP) is 1.64. The number of nitrogens with zero attached hydrogens (tertiary/aromatic N) is 1. The highest BCUT2D eigenvalue weighted by Crippen LogP contribution is 2.26. The summed E-state index contributed by atoms with van der Waals surface area (Å²) in [5, 5.41) is 13.4. The van der Waals surface area contributed by atoms with Gasteiger partial charge in [-0.3, -0.25) is 10.1 Å². The number of hydrogen-bond acceptors (Lipinski definition) is 4. The molecule has 0 aliphatic heterocycles. The Bertz CT molecular complexity index is 396. The molecule has 0 amide bonds. The summed E-state index contributed by atoms with van der Waals surface area (Å²) in [5.74, 6) is -0.674. The molecule has 0 atom stereocenters. The maximum atomic E-state index is 13.4. The summed E-state index contributed by atoms with van der Waals surface area (Å²) >= 11 is 0. The lowest BCUT2D eigenvalue weighted by molar-refractivity contribution is -0.385. The molecule has 1 aromatic carbocycles. The van der Waals surface area contributed by atoms with Crippen molar-refractivity contribution in [3.05, 3.63) is 33.6 Å². The molecule has 0 bridgehead atoms. The molecular formula is C10H13FN2O3. The summed E-state index contributed by atoms with van der Waals surface area (Å²) in [5.41, 5.74) is 0.143. The molecule has 0 spiro atoms. The van der Waals surface area contributed by atoms with Gasteiger partial charge in [0.2, 0.25) is 0 Å². The molecule has 6 heteroatoms. The minimum absolute atomic E-state index is 0.0401. The lowest BCUT2D eigenvalue weighted by Crippen LogP contribution is -2.16. The Balaban J connectivity index is 2.88. The van der Waals surface area contributed by atoms with Crippen LogP contribution in [0, 0.1) is 22.9 Å². The molecule has 0 radical (unpaired) electrons. The van der Waals surface area contributed by atoms with Crippen molar-refractivity contribution < 1.29 is 14.1 Å². The SMILES string of the molecule is CNCCOc1cc(C)c([N+](=O)[O-])cc1F. The molecule has 0 aliphatic rings. The van der Waals surface area contributed by atoms with Gasteiger partial charge in [-0.1, -0.05) is 0 Å². The van der Waals surface area contributed by atoms with E-state index in [9.17, 15) is 14.5 Å². The van der Waals surface area contributed by atoms with Crippen molar-refractivity contribution >= 4 is 5.69 Å². The number of halogens is 1. The summed E-state index contributed by atoms with van der Waals surface area (Å²) < 4.78 is 18.5. The first-order chi connectivity index (χ1) is 7.56. The van der Waals surface area contributed by atoms with Gasteiger partial charge in [0, 0.05) is 12.1 Å². The second kappa shape index (κ2) is 5.41. The van der Waals surface area contributed by atoms with E-state index in [2.05, 4.69) is 5.32 Å². The zero-order chi connectivity index (χ0) is 12.1. The second-order valence-corrected chi connectivity index (χ2v) is 3.28. The molecule has 0 aliphatic carbocycles. The maximum absolute atomic E-state index is 13.4. The first-order valence-corrected chi connectivity index (χ1v) is 4.78. The molecule has 0 saturated heterocycles. The van der Waals surface area contributed by atoms with Gasteiger partial charge < -0.3 is 10.1 Å². The van der Waals surface area contributed by atoms with Gasteiger partial charge >= 0.3 is 0 Å². The van der Waals surface area contributed by atoms with E-state index in [0.29, 0.717) is 18.7 Å². The van der Waals surface area contributed by atoms with Crippen LogP contribution in [0.4, 0.5) is 10.1 Å². The third kappa shape index (κ3) is 2.90. The van der Waals surface area contributed by atoms with E-state index in [4.69, 9.17) is 4.74 Å². The molecule has 5 nitrogen and oxygen atoms in total. The summed E-state index contributed by atoms with van der Waals surface area (Å²) in [6, 6.07) is 2.22. The molecule has 16 heavy (non-hydrogen) atoms. The second-order valence-electron chi connectivity index (χ2n) is 3.28. The van der Waals surface area contributed by atoms with Crippen LogP contribution in [0.2, 0.25) is 0 Å². The molecule has 1 N–H and O–H groups in total. The van der Waals surface area contributed by atoms with Gasteiger partial charge in [0.25, 0.3) is 5.69 Å². The van der Waals surface area contributed by atoms with E-state index < -0.39 is 10.7 Å². The average Bonchev–Trinajstić information content (AvgIpc) is 2.22. The Morgan fingerprint density at radius 3 is 2.81 bits per heavy atom. The largest absolute Gasteiger partial charge is 0.489 e. The highest BCUT2D eigenvalue weighted by Gasteiger charge is 2.15. The van der Waals surface area contributed by atoms with Gasteiger partial charge in [0.1, 0.15) is 6.61 Å². The Morgan fingerprint density at radius 2 is 2.25 bits per heavy atom. The summed E-state index contributed by atoms with van der Waals surface area (Å²) in [6.07, 6.45) is 0. The van der Waals surface area contributed by atoms with Crippen molar-refractivity contribution in [2.45, 2.75) is 6.92 Å². The minimum Gasteiger partial charge on any atom is -0.489 e. The standard InChI is InChI=1S/C10H13FN2O3/c1-7-5-10(16-4-3-12-2)8(11)6-9(7)13(14)15/h5-6,12H,3-4H2,1-2H3. The van der Waals surface area contributed by atoms with E-state index in [1.807, 2.05) is 0 Å². The number of aryl methyl sites for hydroxylation is 1. The van der Waals surface area contributed by atoms with Gasteiger partial charge in [0.05, 0.1) is 11.0 Å². The lowest BCUT2D eigenvalue weighted by Gasteiger charge is -2.07. The highest BCUT2D eigenvalue weighted by molar-refractivity contribution is 5.45. The van der Waals surface area contributed by atoms with E-state index in [1.54, 1.807) is 14.0 Å². The average molecular weight is 228 g/mol. The first-order valence-electron chi connectivity index (χ1n) is 4.78. The number of benzene rings is 1. The smallest absolute Gasteiger partial charge is 0.275 e. The van der Waals surface area contributed by atoms with Crippen molar-refractivity contribution in [3.63, 3.8) is 0 Å². The fourth-order valence-corrected chi connectivity index (χ4v) is 1.21. The van der Waals surface area contributed by atoms with E-state index >= 15 is 0 Å². The number of nitro groups is 1. The number of rotatable bonds is 5. The van der Waals surface area contributed by atoms with Crippen LogP contribution in [0.3, 0.4) is 0 Å². The summed E-state index contributed by atoms with van der Waals surface area (Å²) in [4.78, 5) is 9.92. The number of nitro benzene ring substituents is 1. The Morgan fingerprint density at radius 1 is 1.56 bits per heavy atom. The number of nitrogens with one attached hydrogen (secondary N) is 1. The third-order valence-corrected chi connectivity index (χ3v) is 2.06. The van der Waals surface area contributed by atoms with Gasteiger partial charge in [-0.25, -0.2) is 4.39 Å². The predicted molar refractivity (Wildman–Crippen MR) is 57.2 cm³/mol. The minimum atomic E-state index is -0.714. The third-order valence-electron chi connectivity index (χ3n) is 2.06. The zero-order valence-electron chi connectivity index (χ0n) is 9.12. The molecule has 88 valence electrons. The highest BCUT2D eigenvalue weighted by atomic mass is 19.1. The van der Waals surface area contributed by atoms with Crippen LogP contribution in [-0.2, 0) is 0 Å². The lowest BCUT2D eigenvalue weighted by atomic mass is 10.2. The molecule has 0 heterocycles. The van der Waals surface area contributed by atoms with Crippen LogP contribution in [0.5, 0.6) is 5.75 Å². The van der Waals surface area contributed by atoms with Crippen LogP contribution >= 0.6 is 0 Å². The fourth-order valence-electron chi connectivity index (χ4n) is 1.21. The number of hydrogen-bond donors (Lipinski definition) is 1. The molecule has 0 aromatic heterocycles. The molecule has 1 aromatic rings. The van der Waals surface area contributed by atoms with Crippen molar-refractivity contribution in [1.29, 1.82) is 0 Å². The normalized spacial score (nSPS) is 10.2. The molecule has 0 unspecified atom stereocenters. The fraction of sp³-hybridized carbons (Fsp3) is 0.400. The van der Waals surface area contributed by atoms with Crippen LogP contribution in [0.25, 0.3) is 0 Å². The van der Waals surface area contributed by atoms with Crippen molar-refractivity contribution in [2.75, 3.05) is 20.2 Å². The molecular weight excluding hydrogens is 215 g/mol. The molecule has 0 fully saturated rings. The van der Waals surface area contributed by atoms with Gasteiger partial charge in [-0.15, -0.1) is 0 Å². The van der Waals surface area contributed by atoms with Crippen molar-refractivity contribution in [3.8, 4) is 5.75 Å². The van der Waals surface area contributed by atoms with Crippen molar-refractivity contribution in [1.82, 2.24) is 5.32 Å².